The highest BCUT2D eigenvalue weighted by Gasteiger charge is 2.37. The zero-order chi connectivity index (χ0) is 23.8. The number of ether oxygens (including phenoxy) is 2. The minimum absolute atomic E-state index is 0.356. The van der Waals surface area contributed by atoms with Crippen LogP contribution in [0.15, 0.2) is 0 Å². The molecule has 0 unspecified atom stereocenters. The SMILES string of the molecule is CC(C)(C)OC(=O)NC(C)(C)C(=O)NC(C)(C)C(=O)O.CCOC(=O)C(C)(C)N. The summed E-state index contributed by atoms with van der Waals surface area (Å²) in [6.07, 6.45) is -0.745. The van der Waals surface area contributed by atoms with Crippen LogP contribution in [-0.2, 0) is 23.9 Å². The van der Waals surface area contributed by atoms with Crippen LogP contribution in [0, 0.1) is 0 Å². The van der Waals surface area contributed by atoms with Crippen LogP contribution in [0.4, 0.5) is 4.79 Å². The molecule has 0 saturated heterocycles. The van der Waals surface area contributed by atoms with Gasteiger partial charge < -0.3 is 30.9 Å². The van der Waals surface area contributed by atoms with Crippen LogP contribution < -0.4 is 16.4 Å². The Labute approximate surface area is 172 Å². The summed E-state index contributed by atoms with van der Waals surface area (Å²) < 4.78 is 9.70. The molecule has 0 aromatic heterocycles. The van der Waals surface area contributed by atoms with Crippen molar-refractivity contribution in [1.29, 1.82) is 0 Å². The van der Waals surface area contributed by atoms with Gasteiger partial charge in [0.05, 0.1) is 6.61 Å². The zero-order valence-electron chi connectivity index (χ0n) is 19.2. The molecule has 0 aromatic carbocycles. The number of aliphatic carboxylic acids is 1. The molecule has 0 aliphatic rings. The number of carboxylic acid groups (broad SMARTS) is 1. The highest BCUT2D eigenvalue weighted by molar-refractivity contribution is 5.93. The molecular weight excluding hydrogens is 382 g/mol. The quantitative estimate of drug-likeness (QED) is 0.472. The number of hydrogen-bond acceptors (Lipinski definition) is 7. The van der Waals surface area contributed by atoms with Gasteiger partial charge in [-0.3, -0.25) is 9.59 Å². The first-order valence-electron chi connectivity index (χ1n) is 9.19. The Balaban J connectivity index is 0. The number of carboxylic acids is 1. The summed E-state index contributed by atoms with van der Waals surface area (Å²) >= 11 is 0. The molecule has 10 heteroatoms. The predicted octanol–water partition coefficient (Wildman–Crippen LogP) is 1.56. The molecule has 0 radical (unpaired) electrons. The van der Waals surface area contributed by atoms with E-state index in [0.29, 0.717) is 6.61 Å². The largest absolute Gasteiger partial charge is 0.480 e. The molecule has 0 spiro atoms. The molecule has 0 heterocycles. The average molecular weight is 420 g/mol. The van der Waals surface area contributed by atoms with Crippen molar-refractivity contribution in [3.05, 3.63) is 0 Å². The Morgan fingerprint density at radius 1 is 0.862 bits per heavy atom. The van der Waals surface area contributed by atoms with Gasteiger partial charge in [0.25, 0.3) is 0 Å². The third kappa shape index (κ3) is 12.7. The third-order valence-electron chi connectivity index (χ3n) is 3.14. The third-order valence-corrected chi connectivity index (χ3v) is 3.14. The molecular formula is C19H37N3O7. The number of hydrogen-bond donors (Lipinski definition) is 4. The van der Waals surface area contributed by atoms with Gasteiger partial charge in [0, 0.05) is 0 Å². The van der Waals surface area contributed by atoms with Gasteiger partial charge in [-0.2, -0.15) is 0 Å². The summed E-state index contributed by atoms with van der Waals surface area (Å²) in [6, 6.07) is 0. The van der Waals surface area contributed by atoms with E-state index in [0.717, 1.165) is 0 Å². The standard InChI is InChI=1S/C13H24N2O5.C6H13NO2/c1-11(2,3)20-10(19)15-12(4,5)8(16)14-13(6,7)9(17)18;1-4-9-5(8)6(2,3)7/h1-7H3,(H,14,16)(H,15,19)(H,17,18);4,7H2,1-3H3. The molecule has 0 rings (SSSR count). The first-order valence-corrected chi connectivity index (χ1v) is 9.19. The predicted molar refractivity (Wildman–Crippen MR) is 108 cm³/mol. The van der Waals surface area contributed by atoms with Crippen LogP contribution in [0.5, 0.6) is 0 Å². The molecule has 0 atom stereocenters. The van der Waals surface area contributed by atoms with Gasteiger partial charge in [0.2, 0.25) is 5.91 Å². The number of rotatable bonds is 6. The normalized spacial score (nSPS) is 12.1. The molecule has 0 bridgehead atoms. The highest BCUT2D eigenvalue weighted by atomic mass is 16.6. The van der Waals surface area contributed by atoms with Crippen molar-refractivity contribution in [1.82, 2.24) is 10.6 Å². The zero-order valence-corrected chi connectivity index (χ0v) is 19.2. The van der Waals surface area contributed by atoms with E-state index < -0.39 is 40.2 Å². The van der Waals surface area contributed by atoms with Crippen molar-refractivity contribution in [2.24, 2.45) is 5.73 Å². The van der Waals surface area contributed by atoms with Gasteiger partial charge in [0.15, 0.2) is 0 Å². The maximum absolute atomic E-state index is 12.0. The number of carbonyl (C=O) groups is 4. The van der Waals surface area contributed by atoms with Crippen molar-refractivity contribution >= 4 is 23.9 Å². The number of nitrogens with two attached hydrogens (primary N) is 1. The minimum Gasteiger partial charge on any atom is -0.480 e. The van der Waals surface area contributed by atoms with Crippen molar-refractivity contribution in [2.75, 3.05) is 6.61 Å². The summed E-state index contributed by atoms with van der Waals surface area (Å²) in [4.78, 5) is 45.4. The fourth-order valence-corrected chi connectivity index (χ4v) is 1.43. The topological polar surface area (TPSA) is 157 Å². The summed E-state index contributed by atoms with van der Waals surface area (Å²) in [5.74, 6) is -2.14. The van der Waals surface area contributed by atoms with Crippen LogP contribution in [0.2, 0.25) is 0 Å². The maximum atomic E-state index is 12.0. The summed E-state index contributed by atoms with van der Waals surface area (Å²) in [6.45, 7) is 16.1. The molecule has 29 heavy (non-hydrogen) atoms. The summed E-state index contributed by atoms with van der Waals surface area (Å²) in [5.41, 5.74) is 1.13. The number of nitrogens with one attached hydrogen (secondary N) is 2. The van der Waals surface area contributed by atoms with Crippen LogP contribution in [0.25, 0.3) is 0 Å². The molecule has 2 amide bonds. The first kappa shape index (κ1) is 28.8. The van der Waals surface area contributed by atoms with E-state index in [1.807, 2.05) is 0 Å². The smallest absolute Gasteiger partial charge is 0.408 e. The lowest BCUT2D eigenvalue weighted by Gasteiger charge is -2.31. The van der Waals surface area contributed by atoms with Gasteiger partial charge in [-0.15, -0.1) is 0 Å². The molecule has 10 nitrogen and oxygen atoms in total. The second kappa shape index (κ2) is 10.4. The fourth-order valence-electron chi connectivity index (χ4n) is 1.43. The lowest BCUT2D eigenvalue weighted by molar-refractivity contribution is -0.148. The number of esters is 1. The highest BCUT2D eigenvalue weighted by Crippen LogP contribution is 2.11. The molecule has 0 aromatic rings. The Bertz CT molecular complexity index is 600. The molecule has 0 aliphatic heterocycles. The lowest BCUT2D eigenvalue weighted by atomic mass is 10.00. The van der Waals surface area contributed by atoms with Crippen molar-refractivity contribution in [2.45, 2.75) is 91.5 Å². The number of carbonyl (C=O) groups excluding carboxylic acids is 3. The van der Waals surface area contributed by atoms with E-state index in [1.165, 1.54) is 27.7 Å². The van der Waals surface area contributed by atoms with Crippen molar-refractivity contribution in [3.8, 4) is 0 Å². The van der Waals surface area contributed by atoms with Gasteiger partial charge in [-0.25, -0.2) is 9.59 Å². The molecule has 5 N–H and O–H groups in total. The van der Waals surface area contributed by atoms with Crippen molar-refractivity contribution in [3.63, 3.8) is 0 Å². The van der Waals surface area contributed by atoms with E-state index in [-0.39, 0.29) is 5.97 Å². The maximum Gasteiger partial charge on any atom is 0.408 e. The molecule has 0 aliphatic carbocycles. The van der Waals surface area contributed by atoms with Gasteiger partial charge in [-0.05, 0) is 69.2 Å². The van der Waals surface area contributed by atoms with E-state index in [9.17, 15) is 19.2 Å². The number of amides is 2. The second-order valence-electron chi connectivity index (χ2n) is 9.08. The lowest BCUT2D eigenvalue weighted by Crippen LogP contribution is -2.61. The summed E-state index contributed by atoms with van der Waals surface area (Å²) in [5, 5.41) is 13.7. The van der Waals surface area contributed by atoms with E-state index in [2.05, 4.69) is 15.4 Å². The number of alkyl carbamates (subject to hydrolysis) is 1. The van der Waals surface area contributed by atoms with E-state index in [4.69, 9.17) is 15.6 Å². The van der Waals surface area contributed by atoms with Crippen LogP contribution in [0.1, 0.15) is 69.2 Å². The van der Waals surface area contributed by atoms with E-state index >= 15 is 0 Å². The van der Waals surface area contributed by atoms with Crippen LogP contribution >= 0.6 is 0 Å². The molecule has 0 fully saturated rings. The minimum atomic E-state index is -1.43. The second-order valence-corrected chi connectivity index (χ2v) is 9.08. The van der Waals surface area contributed by atoms with Crippen molar-refractivity contribution < 1.29 is 33.8 Å². The Morgan fingerprint density at radius 3 is 1.59 bits per heavy atom. The van der Waals surface area contributed by atoms with Gasteiger partial charge in [-0.1, -0.05) is 0 Å². The fraction of sp³-hybridized carbons (Fsp3) is 0.789. The Hall–Kier alpha value is -2.36. The first-order chi connectivity index (χ1) is 12.7. The molecule has 170 valence electrons. The average Bonchev–Trinajstić information content (AvgIpc) is 2.43. The van der Waals surface area contributed by atoms with Crippen LogP contribution in [-0.4, -0.2) is 57.9 Å². The van der Waals surface area contributed by atoms with E-state index in [1.54, 1.807) is 41.5 Å². The summed E-state index contributed by atoms with van der Waals surface area (Å²) in [7, 11) is 0. The monoisotopic (exact) mass is 419 g/mol. The molecule has 0 saturated carbocycles. The van der Waals surface area contributed by atoms with Gasteiger partial charge in [0.1, 0.15) is 22.2 Å². The Kier molecular flexibility index (Phi) is 10.4. The van der Waals surface area contributed by atoms with Gasteiger partial charge >= 0.3 is 18.0 Å². The Morgan fingerprint density at radius 2 is 1.31 bits per heavy atom. The van der Waals surface area contributed by atoms with Crippen LogP contribution in [0.3, 0.4) is 0 Å².